The number of aliphatic hydroxyl groups is 1. The number of benzene rings is 1. The maximum absolute atomic E-state index is 10.8. The fraction of sp³-hybridized carbons (Fsp3) is 0.455. The average molecular weight is 240 g/mol. The molecule has 1 unspecified atom stereocenters. The molecule has 0 heterocycles. The maximum Gasteiger partial charge on any atom is 0.274 e. The molecule has 0 radical (unpaired) electrons. The lowest BCUT2D eigenvalue weighted by Gasteiger charge is -2.17. The number of nitrogens with zero attached hydrogens (tertiary/aromatic N) is 1. The standard InChI is InChI=1S/C11H16N2O4/c1-8-10(12-9(6-14)7-17-2)4-3-5-11(8)13(15)16/h3-5,9,12,14H,6-7H2,1-2H3. The van der Waals surface area contributed by atoms with Crippen LogP contribution in [0, 0.1) is 17.0 Å². The van der Waals surface area contributed by atoms with E-state index in [2.05, 4.69) is 5.32 Å². The second-order valence-electron chi connectivity index (χ2n) is 3.69. The topological polar surface area (TPSA) is 84.6 Å². The van der Waals surface area contributed by atoms with Gasteiger partial charge in [0.2, 0.25) is 0 Å². The van der Waals surface area contributed by atoms with Crippen molar-refractivity contribution in [3.8, 4) is 0 Å². The largest absolute Gasteiger partial charge is 0.394 e. The van der Waals surface area contributed by atoms with Crippen LogP contribution in [0.1, 0.15) is 5.56 Å². The minimum atomic E-state index is -0.426. The molecule has 0 amide bonds. The summed E-state index contributed by atoms with van der Waals surface area (Å²) in [6.45, 7) is 1.90. The molecule has 0 saturated carbocycles. The first kappa shape index (κ1) is 13.4. The summed E-state index contributed by atoms with van der Waals surface area (Å²) >= 11 is 0. The van der Waals surface area contributed by atoms with Crippen LogP contribution in [0.3, 0.4) is 0 Å². The normalized spacial score (nSPS) is 12.2. The molecule has 0 saturated heterocycles. The summed E-state index contributed by atoms with van der Waals surface area (Å²) < 4.78 is 4.93. The van der Waals surface area contributed by atoms with E-state index in [0.717, 1.165) is 0 Å². The quantitative estimate of drug-likeness (QED) is 0.578. The van der Waals surface area contributed by atoms with Gasteiger partial charge in [0.1, 0.15) is 0 Å². The molecule has 0 fully saturated rings. The van der Waals surface area contributed by atoms with E-state index in [1.807, 2.05) is 0 Å². The van der Waals surface area contributed by atoms with Gasteiger partial charge in [0.15, 0.2) is 0 Å². The van der Waals surface area contributed by atoms with Gasteiger partial charge in [0, 0.05) is 24.4 Å². The molecule has 17 heavy (non-hydrogen) atoms. The van der Waals surface area contributed by atoms with Crippen molar-refractivity contribution in [2.45, 2.75) is 13.0 Å². The Morgan fingerprint density at radius 3 is 2.82 bits per heavy atom. The molecular formula is C11H16N2O4. The Morgan fingerprint density at radius 2 is 2.29 bits per heavy atom. The Hall–Kier alpha value is -1.66. The highest BCUT2D eigenvalue weighted by molar-refractivity contribution is 5.60. The molecule has 1 atom stereocenters. The van der Waals surface area contributed by atoms with E-state index in [-0.39, 0.29) is 18.3 Å². The third-order valence-corrected chi connectivity index (χ3v) is 2.45. The summed E-state index contributed by atoms with van der Waals surface area (Å²) in [6, 6.07) is 4.51. The molecule has 0 spiro atoms. The van der Waals surface area contributed by atoms with E-state index >= 15 is 0 Å². The third kappa shape index (κ3) is 3.40. The zero-order valence-corrected chi connectivity index (χ0v) is 9.84. The van der Waals surface area contributed by atoms with Crippen molar-refractivity contribution in [2.24, 2.45) is 0 Å². The Balaban J connectivity index is 2.91. The second-order valence-corrected chi connectivity index (χ2v) is 3.69. The zero-order valence-electron chi connectivity index (χ0n) is 9.84. The lowest BCUT2D eigenvalue weighted by Crippen LogP contribution is -2.29. The Kier molecular flexibility index (Phi) is 4.86. The molecule has 1 aromatic rings. The number of nitro groups is 1. The van der Waals surface area contributed by atoms with Crippen LogP contribution in [0.2, 0.25) is 0 Å². The van der Waals surface area contributed by atoms with Gasteiger partial charge in [-0.2, -0.15) is 0 Å². The molecule has 1 rings (SSSR count). The van der Waals surface area contributed by atoms with Gasteiger partial charge < -0.3 is 15.2 Å². The number of rotatable bonds is 6. The molecular weight excluding hydrogens is 224 g/mol. The van der Waals surface area contributed by atoms with Gasteiger partial charge in [-0.1, -0.05) is 6.07 Å². The van der Waals surface area contributed by atoms with Crippen LogP contribution < -0.4 is 5.32 Å². The van der Waals surface area contributed by atoms with Gasteiger partial charge in [-0.05, 0) is 13.0 Å². The van der Waals surface area contributed by atoms with Crippen LogP contribution in [0.15, 0.2) is 18.2 Å². The van der Waals surface area contributed by atoms with E-state index in [4.69, 9.17) is 9.84 Å². The van der Waals surface area contributed by atoms with Crippen molar-refractivity contribution < 1.29 is 14.8 Å². The van der Waals surface area contributed by atoms with E-state index in [1.165, 1.54) is 13.2 Å². The van der Waals surface area contributed by atoms with E-state index in [0.29, 0.717) is 17.9 Å². The highest BCUT2D eigenvalue weighted by Crippen LogP contribution is 2.25. The summed E-state index contributed by atoms with van der Waals surface area (Å²) in [6.07, 6.45) is 0. The van der Waals surface area contributed by atoms with Crippen molar-refractivity contribution in [1.29, 1.82) is 0 Å². The summed E-state index contributed by atoms with van der Waals surface area (Å²) in [4.78, 5) is 10.3. The van der Waals surface area contributed by atoms with Crippen LogP contribution in [-0.2, 0) is 4.74 Å². The first-order valence-electron chi connectivity index (χ1n) is 5.20. The van der Waals surface area contributed by atoms with Gasteiger partial charge in [-0.25, -0.2) is 0 Å². The van der Waals surface area contributed by atoms with Crippen LogP contribution in [-0.4, -0.2) is 36.4 Å². The van der Waals surface area contributed by atoms with E-state index < -0.39 is 4.92 Å². The van der Waals surface area contributed by atoms with Gasteiger partial charge in [-0.3, -0.25) is 10.1 Å². The first-order chi connectivity index (χ1) is 8.10. The predicted octanol–water partition coefficient (Wildman–Crippen LogP) is 1.32. The number of aliphatic hydroxyl groups excluding tert-OH is 1. The fourth-order valence-electron chi connectivity index (χ4n) is 1.54. The summed E-state index contributed by atoms with van der Waals surface area (Å²) in [5.41, 5.74) is 1.24. The Morgan fingerprint density at radius 1 is 1.59 bits per heavy atom. The van der Waals surface area contributed by atoms with E-state index in [9.17, 15) is 10.1 Å². The summed E-state index contributed by atoms with van der Waals surface area (Å²) in [7, 11) is 1.53. The number of methoxy groups -OCH3 is 1. The smallest absolute Gasteiger partial charge is 0.274 e. The van der Waals surface area contributed by atoms with Crippen LogP contribution >= 0.6 is 0 Å². The van der Waals surface area contributed by atoms with Gasteiger partial charge in [0.05, 0.1) is 24.2 Å². The number of ether oxygens (including phenoxy) is 1. The monoisotopic (exact) mass is 240 g/mol. The molecule has 0 aliphatic heterocycles. The molecule has 94 valence electrons. The lowest BCUT2D eigenvalue weighted by atomic mass is 10.1. The van der Waals surface area contributed by atoms with Crippen molar-refractivity contribution in [2.75, 3.05) is 25.6 Å². The van der Waals surface area contributed by atoms with E-state index in [1.54, 1.807) is 19.1 Å². The predicted molar refractivity (Wildman–Crippen MR) is 64.2 cm³/mol. The molecule has 0 bridgehead atoms. The molecule has 0 aliphatic carbocycles. The SMILES string of the molecule is COCC(CO)Nc1cccc([N+](=O)[O-])c1C. The molecule has 6 nitrogen and oxygen atoms in total. The molecule has 0 aliphatic rings. The average Bonchev–Trinajstić information content (AvgIpc) is 2.30. The zero-order chi connectivity index (χ0) is 12.8. The van der Waals surface area contributed by atoms with Crippen molar-refractivity contribution in [1.82, 2.24) is 0 Å². The highest BCUT2D eigenvalue weighted by Gasteiger charge is 2.15. The number of nitrogens with one attached hydrogen (secondary N) is 1. The Labute approximate surface area is 99.4 Å². The summed E-state index contributed by atoms with van der Waals surface area (Å²) in [5.74, 6) is 0. The molecule has 6 heteroatoms. The minimum absolute atomic E-state index is 0.0594. The van der Waals surface area contributed by atoms with Crippen molar-refractivity contribution in [3.63, 3.8) is 0 Å². The van der Waals surface area contributed by atoms with Gasteiger partial charge in [0.25, 0.3) is 5.69 Å². The second kappa shape index (κ2) is 6.17. The van der Waals surface area contributed by atoms with Crippen LogP contribution in [0.4, 0.5) is 11.4 Å². The van der Waals surface area contributed by atoms with Crippen molar-refractivity contribution in [3.05, 3.63) is 33.9 Å². The molecule has 0 aromatic heterocycles. The number of anilines is 1. The molecule has 1 aromatic carbocycles. The Bertz CT molecular complexity index is 395. The lowest BCUT2D eigenvalue weighted by molar-refractivity contribution is -0.385. The highest BCUT2D eigenvalue weighted by atomic mass is 16.6. The van der Waals surface area contributed by atoms with Gasteiger partial charge >= 0.3 is 0 Å². The van der Waals surface area contributed by atoms with Crippen LogP contribution in [0.25, 0.3) is 0 Å². The summed E-state index contributed by atoms with van der Waals surface area (Å²) in [5, 5.41) is 22.9. The number of hydrogen-bond acceptors (Lipinski definition) is 5. The third-order valence-electron chi connectivity index (χ3n) is 2.45. The number of nitro benzene ring substituents is 1. The fourth-order valence-corrected chi connectivity index (χ4v) is 1.54. The molecule has 2 N–H and O–H groups in total. The minimum Gasteiger partial charge on any atom is -0.394 e. The number of hydrogen-bond donors (Lipinski definition) is 2. The van der Waals surface area contributed by atoms with Crippen molar-refractivity contribution >= 4 is 11.4 Å². The van der Waals surface area contributed by atoms with Gasteiger partial charge in [-0.15, -0.1) is 0 Å². The van der Waals surface area contributed by atoms with Crippen LogP contribution in [0.5, 0.6) is 0 Å². The first-order valence-corrected chi connectivity index (χ1v) is 5.20. The maximum atomic E-state index is 10.8.